The average Bonchev–Trinajstić information content (AvgIpc) is 2.55. The van der Waals surface area contributed by atoms with Crippen molar-refractivity contribution in [3.05, 3.63) is 66.0 Å². The molecule has 2 N–H and O–H groups in total. The summed E-state index contributed by atoms with van der Waals surface area (Å²) in [5.41, 5.74) is 5.91. The molecule has 0 amide bonds. The highest BCUT2D eigenvalue weighted by molar-refractivity contribution is 5.90. The van der Waals surface area contributed by atoms with E-state index in [4.69, 9.17) is 10.5 Å². The lowest BCUT2D eigenvalue weighted by atomic mass is 10.1. The van der Waals surface area contributed by atoms with Gasteiger partial charge in [0.1, 0.15) is 11.5 Å². The summed E-state index contributed by atoms with van der Waals surface area (Å²) in [7, 11) is 0. The van der Waals surface area contributed by atoms with Crippen LogP contribution in [0.1, 0.15) is 11.1 Å². The third kappa shape index (κ3) is 3.12. The van der Waals surface area contributed by atoms with Crippen LogP contribution in [0.25, 0.3) is 10.8 Å². The minimum absolute atomic E-state index is 0.330. The molecule has 1 heterocycles. The van der Waals surface area contributed by atoms with E-state index in [1.807, 2.05) is 6.07 Å². The number of pyridine rings is 1. The van der Waals surface area contributed by atoms with Gasteiger partial charge in [-0.15, -0.1) is 0 Å². The Labute approximate surface area is 130 Å². The van der Waals surface area contributed by atoms with E-state index < -0.39 is 11.7 Å². The molecule has 1 aromatic heterocycles. The van der Waals surface area contributed by atoms with Crippen molar-refractivity contribution in [2.75, 3.05) is 0 Å². The zero-order valence-electron chi connectivity index (χ0n) is 12.0. The van der Waals surface area contributed by atoms with Gasteiger partial charge in [0.05, 0.1) is 5.56 Å². The van der Waals surface area contributed by atoms with Gasteiger partial charge >= 0.3 is 6.18 Å². The molecule has 2 aromatic carbocycles. The number of benzene rings is 2. The van der Waals surface area contributed by atoms with Crippen LogP contribution in [0.15, 0.2) is 54.9 Å². The molecule has 0 fully saturated rings. The normalized spacial score (nSPS) is 11.7. The quantitative estimate of drug-likeness (QED) is 0.773. The fourth-order valence-corrected chi connectivity index (χ4v) is 2.33. The van der Waals surface area contributed by atoms with Gasteiger partial charge in [-0.2, -0.15) is 13.2 Å². The highest BCUT2D eigenvalue weighted by Gasteiger charge is 2.30. The van der Waals surface area contributed by atoms with Crippen molar-refractivity contribution in [3.8, 4) is 11.5 Å². The Morgan fingerprint density at radius 1 is 0.957 bits per heavy atom. The molecule has 3 nitrogen and oxygen atoms in total. The molecule has 3 aromatic rings. The molecule has 0 aliphatic rings. The SMILES string of the molecule is NCc1ccc(Oc2ccc(C(F)(F)F)cc2)c2ccncc12. The molecule has 0 saturated carbocycles. The van der Waals surface area contributed by atoms with Gasteiger partial charge in [0.2, 0.25) is 0 Å². The standard InChI is InChI=1S/C17H13F3N2O/c18-17(19,20)12-2-4-13(5-3-12)23-16-6-1-11(9-21)15-10-22-8-7-14(15)16/h1-8,10H,9,21H2. The van der Waals surface area contributed by atoms with Crippen molar-refractivity contribution in [2.45, 2.75) is 12.7 Å². The number of halogens is 3. The monoisotopic (exact) mass is 318 g/mol. The first-order valence-electron chi connectivity index (χ1n) is 6.90. The minimum Gasteiger partial charge on any atom is -0.457 e. The molecule has 0 atom stereocenters. The fourth-order valence-electron chi connectivity index (χ4n) is 2.33. The first-order chi connectivity index (χ1) is 11.0. The molecule has 3 rings (SSSR count). The molecule has 6 heteroatoms. The summed E-state index contributed by atoms with van der Waals surface area (Å²) in [5.74, 6) is 0.871. The fraction of sp³-hybridized carbons (Fsp3) is 0.118. The number of nitrogens with zero attached hydrogens (tertiary/aromatic N) is 1. The van der Waals surface area contributed by atoms with Gasteiger partial charge in [0, 0.05) is 29.7 Å². The zero-order chi connectivity index (χ0) is 16.4. The summed E-state index contributed by atoms with van der Waals surface area (Å²) in [6, 6.07) is 9.94. The predicted octanol–water partition coefficient (Wildman–Crippen LogP) is 4.50. The minimum atomic E-state index is -4.36. The van der Waals surface area contributed by atoms with Crippen LogP contribution in [-0.2, 0) is 12.7 Å². The first kappa shape index (κ1) is 15.3. The number of alkyl halides is 3. The lowest BCUT2D eigenvalue weighted by molar-refractivity contribution is -0.137. The van der Waals surface area contributed by atoms with Crippen molar-refractivity contribution < 1.29 is 17.9 Å². The number of rotatable bonds is 3. The van der Waals surface area contributed by atoms with Crippen LogP contribution in [0.5, 0.6) is 11.5 Å². The summed E-state index contributed by atoms with van der Waals surface area (Å²) in [4.78, 5) is 4.07. The Morgan fingerprint density at radius 2 is 1.70 bits per heavy atom. The Kier molecular flexibility index (Phi) is 3.92. The van der Waals surface area contributed by atoms with E-state index in [2.05, 4.69) is 4.98 Å². The van der Waals surface area contributed by atoms with Gasteiger partial charge in [-0.25, -0.2) is 0 Å². The van der Waals surface area contributed by atoms with E-state index in [1.54, 1.807) is 24.5 Å². The Morgan fingerprint density at radius 3 is 2.35 bits per heavy atom. The molecule has 0 spiro atoms. The molecule has 23 heavy (non-hydrogen) atoms. The molecular weight excluding hydrogens is 305 g/mol. The summed E-state index contributed by atoms with van der Waals surface area (Å²) in [5, 5.41) is 1.67. The summed E-state index contributed by atoms with van der Waals surface area (Å²) in [6.07, 6.45) is -1.04. The second kappa shape index (κ2) is 5.89. The van der Waals surface area contributed by atoms with Gasteiger partial charge in [0.25, 0.3) is 0 Å². The van der Waals surface area contributed by atoms with Crippen LogP contribution in [-0.4, -0.2) is 4.98 Å². The van der Waals surface area contributed by atoms with Crippen molar-refractivity contribution in [2.24, 2.45) is 5.73 Å². The van der Waals surface area contributed by atoms with Crippen molar-refractivity contribution in [1.82, 2.24) is 4.98 Å². The Bertz CT molecular complexity index is 829. The second-order valence-electron chi connectivity index (χ2n) is 4.97. The summed E-state index contributed by atoms with van der Waals surface area (Å²) in [6.45, 7) is 0.364. The maximum atomic E-state index is 12.6. The van der Waals surface area contributed by atoms with Crippen LogP contribution in [0, 0.1) is 0 Å². The van der Waals surface area contributed by atoms with E-state index in [-0.39, 0.29) is 0 Å². The highest BCUT2D eigenvalue weighted by Crippen LogP contribution is 2.34. The van der Waals surface area contributed by atoms with Gasteiger partial charge in [-0.05, 0) is 42.0 Å². The van der Waals surface area contributed by atoms with E-state index in [0.29, 0.717) is 18.0 Å². The zero-order valence-corrected chi connectivity index (χ0v) is 12.0. The number of aromatic nitrogens is 1. The molecule has 0 aliphatic heterocycles. The largest absolute Gasteiger partial charge is 0.457 e. The van der Waals surface area contributed by atoms with Crippen LogP contribution in [0.3, 0.4) is 0 Å². The van der Waals surface area contributed by atoms with Crippen LogP contribution >= 0.6 is 0 Å². The number of fused-ring (bicyclic) bond motifs is 1. The molecule has 0 bridgehead atoms. The van der Waals surface area contributed by atoms with Gasteiger partial charge < -0.3 is 10.5 Å². The first-order valence-corrected chi connectivity index (χ1v) is 6.90. The van der Waals surface area contributed by atoms with E-state index >= 15 is 0 Å². The van der Waals surface area contributed by atoms with Crippen molar-refractivity contribution in [3.63, 3.8) is 0 Å². The lowest BCUT2D eigenvalue weighted by Gasteiger charge is -2.12. The number of hydrogen-bond donors (Lipinski definition) is 1. The van der Waals surface area contributed by atoms with Gasteiger partial charge in [-0.3, -0.25) is 4.98 Å². The third-order valence-corrected chi connectivity index (χ3v) is 3.50. The maximum absolute atomic E-state index is 12.6. The smallest absolute Gasteiger partial charge is 0.416 e. The van der Waals surface area contributed by atoms with E-state index in [0.717, 1.165) is 28.5 Å². The molecule has 0 saturated heterocycles. The number of nitrogens with two attached hydrogens (primary N) is 1. The molecule has 0 unspecified atom stereocenters. The van der Waals surface area contributed by atoms with Crippen molar-refractivity contribution >= 4 is 10.8 Å². The summed E-state index contributed by atoms with van der Waals surface area (Å²) >= 11 is 0. The number of ether oxygens (including phenoxy) is 1. The van der Waals surface area contributed by atoms with E-state index in [1.165, 1.54) is 12.1 Å². The average molecular weight is 318 g/mol. The van der Waals surface area contributed by atoms with Crippen LogP contribution in [0.4, 0.5) is 13.2 Å². The molecular formula is C17H13F3N2O. The Balaban J connectivity index is 1.96. The van der Waals surface area contributed by atoms with Crippen LogP contribution < -0.4 is 10.5 Å². The van der Waals surface area contributed by atoms with Gasteiger partial charge in [-0.1, -0.05) is 6.07 Å². The molecule has 118 valence electrons. The lowest BCUT2D eigenvalue weighted by Crippen LogP contribution is -2.04. The van der Waals surface area contributed by atoms with Crippen molar-refractivity contribution in [1.29, 1.82) is 0 Å². The topological polar surface area (TPSA) is 48.1 Å². The number of hydrogen-bond acceptors (Lipinski definition) is 3. The van der Waals surface area contributed by atoms with Gasteiger partial charge in [0.15, 0.2) is 0 Å². The molecule has 0 radical (unpaired) electrons. The maximum Gasteiger partial charge on any atom is 0.416 e. The predicted molar refractivity (Wildman–Crippen MR) is 81.2 cm³/mol. The summed E-state index contributed by atoms with van der Waals surface area (Å²) < 4.78 is 43.5. The van der Waals surface area contributed by atoms with E-state index in [9.17, 15) is 13.2 Å². The second-order valence-corrected chi connectivity index (χ2v) is 4.97. The Hall–Kier alpha value is -2.60. The highest BCUT2D eigenvalue weighted by atomic mass is 19.4. The third-order valence-electron chi connectivity index (χ3n) is 3.50. The molecule has 0 aliphatic carbocycles. The van der Waals surface area contributed by atoms with Crippen LogP contribution in [0.2, 0.25) is 0 Å².